The Labute approximate surface area is 139 Å². The molecule has 0 fully saturated rings. The molecule has 0 saturated carbocycles. The summed E-state index contributed by atoms with van der Waals surface area (Å²) >= 11 is 0. The van der Waals surface area contributed by atoms with Gasteiger partial charge in [-0.05, 0) is 43.7 Å². The van der Waals surface area contributed by atoms with Crippen LogP contribution in [0.1, 0.15) is 30.0 Å². The number of nitrogens with zero attached hydrogens (tertiary/aromatic N) is 3. The smallest absolute Gasteiger partial charge is 0.320 e. The van der Waals surface area contributed by atoms with Gasteiger partial charge < -0.3 is 9.73 Å². The highest BCUT2D eigenvalue weighted by molar-refractivity contribution is 5.88. The fourth-order valence-corrected chi connectivity index (χ4v) is 2.37. The molecule has 0 aliphatic rings. The summed E-state index contributed by atoms with van der Waals surface area (Å²) in [7, 11) is 0. The molecule has 124 valence electrons. The third-order valence-corrected chi connectivity index (χ3v) is 3.61. The molecule has 0 saturated heterocycles. The van der Waals surface area contributed by atoms with E-state index in [9.17, 15) is 4.79 Å². The van der Waals surface area contributed by atoms with Crippen LogP contribution in [0.3, 0.4) is 0 Å². The highest BCUT2D eigenvalue weighted by Gasteiger charge is 2.12. The van der Waals surface area contributed by atoms with E-state index in [2.05, 4.69) is 20.7 Å². The SMILES string of the molecule is Cc1ccc(Cn2nccc2NC(=O)N[C@H](C)c2ccncc2)o1. The summed E-state index contributed by atoms with van der Waals surface area (Å²) in [6.45, 7) is 4.26. The van der Waals surface area contributed by atoms with Gasteiger partial charge in [-0.3, -0.25) is 10.3 Å². The number of carbonyl (C=O) groups is 1. The van der Waals surface area contributed by atoms with Gasteiger partial charge in [0, 0.05) is 18.5 Å². The molecule has 3 heterocycles. The average molecular weight is 325 g/mol. The van der Waals surface area contributed by atoms with Crippen LogP contribution in [0.25, 0.3) is 0 Å². The number of urea groups is 1. The van der Waals surface area contributed by atoms with Crippen molar-refractivity contribution in [2.75, 3.05) is 5.32 Å². The molecule has 0 spiro atoms. The number of nitrogens with one attached hydrogen (secondary N) is 2. The molecule has 0 aromatic carbocycles. The summed E-state index contributed by atoms with van der Waals surface area (Å²) in [5.41, 5.74) is 0.986. The maximum absolute atomic E-state index is 12.2. The predicted molar refractivity (Wildman–Crippen MR) is 89.6 cm³/mol. The number of hydrogen-bond acceptors (Lipinski definition) is 4. The van der Waals surface area contributed by atoms with E-state index < -0.39 is 0 Å². The first-order chi connectivity index (χ1) is 11.6. The van der Waals surface area contributed by atoms with Gasteiger partial charge in [0.25, 0.3) is 0 Å². The number of anilines is 1. The molecule has 7 nitrogen and oxygen atoms in total. The lowest BCUT2D eigenvalue weighted by molar-refractivity contribution is 0.249. The third kappa shape index (κ3) is 3.81. The second-order valence-corrected chi connectivity index (χ2v) is 5.49. The highest BCUT2D eigenvalue weighted by Crippen LogP contribution is 2.14. The zero-order valence-corrected chi connectivity index (χ0v) is 13.6. The summed E-state index contributed by atoms with van der Waals surface area (Å²) in [5, 5.41) is 9.92. The molecule has 0 aliphatic carbocycles. The molecule has 0 aliphatic heterocycles. The highest BCUT2D eigenvalue weighted by atomic mass is 16.3. The van der Waals surface area contributed by atoms with Gasteiger partial charge in [0.05, 0.1) is 12.2 Å². The van der Waals surface area contributed by atoms with Gasteiger partial charge in [0.1, 0.15) is 23.9 Å². The first-order valence-corrected chi connectivity index (χ1v) is 7.66. The van der Waals surface area contributed by atoms with Gasteiger partial charge in [0.2, 0.25) is 0 Å². The summed E-state index contributed by atoms with van der Waals surface area (Å²) < 4.78 is 7.22. The Morgan fingerprint density at radius 1 is 1.21 bits per heavy atom. The van der Waals surface area contributed by atoms with Gasteiger partial charge in [0.15, 0.2) is 0 Å². The van der Waals surface area contributed by atoms with Gasteiger partial charge in [-0.2, -0.15) is 5.10 Å². The number of rotatable bonds is 5. The second kappa shape index (κ2) is 6.99. The van der Waals surface area contributed by atoms with E-state index in [1.165, 1.54) is 0 Å². The summed E-state index contributed by atoms with van der Waals surface area (Å²) in [6.07, 6.45) is 5.04. The Hall–Kier alpha value is -3.09. The minimum atomic E-state index is -0.295. The predicted octanol–water partition coefficient (Wildman–Crippen LogP) is 3.11. The van der Waals surface area contributed by atoms with Crippen LogP contribution in [0.15, 0.2) is 53.3 Å². The van der Waals surface area contributed by atoms with Crippen LogP contribution in [0.4, 0.5) is 10.6 Å². The molecule has 0 bridgehead atoms. The molecule has 3 aromatic heterocycles. The number of carbonyl (C=O) groups excluding carboxylic acids is 1. The Bertz CT molecular complexity index is 809. The standard InChI is InChI=1S/C17H19N5O2/c1-12-3-4-15(24-12)11-22-16(7-10-19-22)21-17(23)20-13(2)14-5-8-18-9-6-14/h3-10,13H,11H2,1-2H3,(H2,20,21,23)/t13-/m1/s1. The minimum absolute atomic E-state index is 0.128. The summed E-state index contributed by atoms with van der Waals surface area (Å²) in [4.78, 5) is 16.2. The normalized spacial score (nSPS) is 11.9. The number of furan rings is 1. The van der Waals surface area contributed by atoms with E-state index in [0.29, 0.717) is 12.4 Å². The van der Waals surface area contributed by atoms with Gasteiger partial charge >= 0.3 is 6.03 Å². The Kier molecular flexibility index (Phi) is 4.60. The molecule has 3 rings (SSSR count). The number of hydrogen-bond donors (Lipinski definition) is 2. The Morgan fingerprint density at radius 3 is 2.71 bits per heavy atom. The molecular formula is C17H19N5O2. The maximum Gasteiger partial charge on any atom is 0.320 e. The molecule has 3 aromatic rings. The molecule has 0 unspecified atom stereocenters. The van der Waals surface area contributed by atoms with Gasteiger partial charge in [-0.15, -0.1) is 0 Å². The topological polar surface area (TPSA) is 85.0 Å². The van der Waals surface area contributed by atoms with Crippen LogP contribution in [-0.2, 0) is 6.54 Å². The van der Waals surface area contributed by atoms with Gasteiger partial charge in [-0.25, -0.2) is 9.48 Å². The van der Waals surface area contributed by atoms with Crippen LogP contribution in [-0.4, -0.2) is 20.8 Å². The molecule has 24 heavy (non-hydrogen) atoms. The van der Waals surface area contributed by atoms with E-state index in [4.69, 9.17) is 4.42 Å². The van der Waals surface area contributed by atoms with Crippen LogP contribution in [0.2, 0.25) is 0 Å². The largest absolute Gasteiger partial charge is 0.464 e. The fraction of sp³-hybridized carbons (Fsp3) is 0.235. The fourth-order valence-electron chi connectivity index (χ4n) is 2.37. The lowest BCUT2D eigenvalue weighted by Crippen LogP contribution is -2.32. The van der Waals surface area contributed by atoms with E-state index in [1.807, 2.05) is 38.1 Å². The van der Waals surface area contributed by atoms with Crippen molar-refractivity contribution in [1.82, 2.24) is 20.1 Å². The van der Waals surface area contributed by atoms with Crippen molar-refractivity contribution in [2.24, 2.45) is 0 Å². The van der Waals surface area contributed by atoms with Crippen molar-refractivity contribution in [3.05, 3.63) is 66.0 Å². The lowest BCUT2D eigenvalue weighted by atomic mass is 10.1. The van der Waals surface area contributed by atoms with Crippen molar-refractivity contribution < 1.29 is 9.21 Å². The number of aryl methyl sites for hydroxylation is 1. The first-order valence-electron chi connectivity index (χ1n) is 7.66. The van der Waals surface area contributed by atoms with Crippen molar-refractivity contribution in [3.63, 3.8) is 0 Å². The Morgan fingerprint density at radius 2 is 2.00 bits per heavy atom. The van der Waals surface area contributed by atoms with E-state index >= 15 is 0 Å². The summed E-state index contributed by atoms with van der Waals surface area (Å²) in [5.74, 6) is 2.23. The quantitative estimate of drug-likeness (QED) is 0.755. The van der Waals surface area contributed by atoms with E-state index in [-0.39, 0.29) is 12.1 Å². The second-order valence-electron chi connectivity index (χ2n) is 5.49. The third-order valence-electron chi connectivity index (χ3n) is 3.61. The summed E-state index contributed by atoms with van der Waals surface area (Å²) in [6, 6.07) is 8.85. The number of pyridine rings is 1. The average Bonchev–Trinajstić information content (AvgIpc) is 3.18. The van der Waals surface area contributed by atoms with Crippen molar-refractivity contribution in [1.29, 1.82) is 0 Å². The van der Waals surface area contributed by atoms with Crippen LogP contribution < -0.4 is 10.6 Å². The number of aromatic nitrogens is 3. The molecule has 1 atom stereocenters. The first kappa shape index (κ1) is 15.8. The van der Waals surface area contributed by atoms with Crippen LogP contribution in [0, 0.1) is 6.92 Å². The van der Waals surface area contributed by atoms with Crippen molar-refractivity contribution in [2.45, 2.75) is 26.4 Å². The minimum Gasteiger partial charge on any atom is -0.464 e. The Balaban J connectivity index is 1.62. The number of amides is 2. The lowest BCUT2D eigenvalue weighted by Gasteiger charge is -2.15. The van der Waals surface area contributed by atoms with E-state index in [1.54, 1.807) is 29.3 Å². The molecule has 7 heteroatoms. The molecule has 0 radical (unpaired) electrons. The zero-order chi connectivity index (χ0) is 16.9. The zero-order valence-electron chi connectivity index (χ0n) is 13.6. The van der Waals surface area contributed by atoms with Crippen molar-refractivity contribution >= 4 is 11.8 Å². The molecular weight excluding hydrogens is 306 g/mol. The van der Waals surface area contributed by atoms with Crippen LogP contribution >= 0.6 is 0 Å². The monoisotopic (exact) mass is 325 g/mol. The van der Waals surface area contributed by atoms with Gasteiger partial charge in [-0.1, -0.05) is 0 Å². The molecule has 2 amide bonds. The van der Waals surface area contributed by atoms with Crippen LogP contribution in [0.5, 0.6) is 0 Å². The maximum atomic E-state index is 12.2. The van der Waals surface area contributed by atoms with E-state index in [0.717, 1.165) is 17.1 Å². The van der Waals surface area contributed by atoms with Crippen molar-refractivity contribution in [3.8, 4) is 0 Å². The molecule has 2 N–H and O–H groups in total.